The first-order valence-corrected chi connectivity index (χ1v) is 5.46. The van der Waals surface area contributed by atoms with E-state index in [2.05, 4.69) is 0 Å². The minimum Gasteiger partial charge on any atom is -0.385 e. The molecular formula is C10H21F3N2O2. The van der Waals surface area contributed by atoms with Crippen LogP contribution in [0.3, 0.4) is 0 Å². The van der Waals surface area contributed by atoms with Crippen molar-refractivity contribution in [2.75, 3.05) is 47.1 Å². The highest BCUT2D eigenvalue weighted by molar-refractivity contribution is 4.79. The molecule has 1 atom stereocenters. The molecule has 0 heterocycles. The predicted molar refractivity (Wildman–Crippen MR) is 58.8 cm³/mol. The highest BCUT2D eigenvalue weighted by Gasteiger charge is 2.42. The van der Waals surface area contributed by atoms with Gasteiger partial charge in [0.25, 0.3) is 0 Å². The molecule has 17 heavy (non-hydrogen) atoms. The fraction of sp³-hybridized carbons (Fsp3) is 1.00. The van der Waals surface area contributed by atoms with E-state index in [4.69, 9.17) is 15.2 Å². The van der Waals surface area contributed by atoms with Crippen molar-refractivity contribution in [3.63, 3.8) is 0 Å². The molecule has 0 bridgehead atoms. The van der Waals surface area contributed by atoms with Crippen LogP contribution in [-0.4, -0.2) is 64.2 Å². The summed E-state index contributed by atoms with van der Waals surface area (Å²) in [5, 5.41) is 0. The Balaban J connectivity index is 4.40. The van der Waals surface area contributed by atoms with Crippen molar-refractivity contribution in [2.45, 2.75) is 18.6 Å². The van der Waals surface area contributed by atoms with E-state index in [-0.39, 0.29) is 13.2 Å². The predicted octanol–water partition coefficient (Wildman–Crippen LogP) is 0.861. The Bertz CT molecular complexity index is 191. The second-order valence-corrected chi connectivity index (χ2v) is 3.67. The Labute approximate surface area is 99.8 Å². The number of nitrogens with zero attached hydrogens (tertiary/aromatic N) is 1. The third kappa shape index (κ3) is 6.82. The number of nitrogens with two attached hydrogens (primary N) is 1. The molecule has 0 saturated heterocycles. The molecule has 0 radical (unpaired) electrons. The summed E-state index contributed by atoms with van der Waals surface area (Å²) in [4.78, 5) is 1.29. The summed E-state index contributed by atoms with van der Waals surface area (Å²) < 4.78 is 47.8. The maximum Gasteiger partial charge on any atom is 0.405 e. The van der Waals surface area contributed by atoms with Crippen molar-refractivity contribution in [2.24, 2.45) is 5.73 Å². The normalized spacial score (nSPS) is 14.3. The van der Waals surface area contributed by atoms with Crippen molar-refractivity contribution in [3.05, 3.63) is 0 Å². The summed E-state index contributed by atoms with van der Waals surface area (Å²) in [5.74, 6) is 0. The Morgan fingerprint density at radius 1 is 1.12 bits per heavy atom. The van der Waals surface area contributed by atoms with Crippen LogP contribution in [0.25, 0.3) is 0 Å². The molecule has 0 aliphatic carbocycles. The molecule has 0 aliphatic rings. The van der Waals surface area contributed by atoms with E-state index in [9.17, 15) is 13.2 Å². The van der Waals surface area contributed by atoms with Crippen LogP contribution in [0.4, 0.5) is 13.2 Å². The average Bonchev–Trinajstić information content (AvgIpc) is 2.24. The minimum atomic E-state index is -4.31. The Hall–Kier alpha value is -0.370. The van der Waals surface area contributed by atoms with Crippen LogP contribution in [-0.2, 0) is 9.47 Å². The van der Waals surface area contributed by atoms with Gasteiger partial charge in [-0.15, -0.1) is 0 Å². The molecule has 0 aromatic heterocycles. The Morgan fingerprint density at radius 2 is 1.71 bits per heavy atom. The lowest BCUT2D eigenvalue weighted by atomic mass is 10.2. The Kier molecular flexibility index (Phi) is 8.49. The van der Waals surface area contributed by atoms with Gasteiger partial charge in [0.05, 0.1) is 6.61 Å². The lowest BCUT2D eigenvalue weighted by Gasteiger charge is -2.32. The highest BCUT2D eigenvalue weighted by Crippen LogP contribution is 2.24. The van der Waals surface area contributed by atoms with Gasteiger partial charge in [-0.3, -0.25) is 4.90 Å². The monoisotopic (exact) mass is 258 g/mol. The summed E-state index contributed by atoms with van der Waals surface area (Å²) in [7, 11) is 2.97. The molecule has 1 unspecified atom stereocenters. The molecule has 7 heteroatoms. The fourth-order valence-corrected chi connectivity index (χ4v) is 1.53. The Morgan fingerprint density at radius 3 is 2.12 bits per heavy atom. The lowest BCUT2D eigenvalue weighted by Crippen LogP contribution is -2.51. The molecule has 0 saturated carbocycles. The summed E-state index contributed by atoms with van der Waals surface area (Å²) in [6.45, 7) is 0.735. The van der Waals surface area contributed by atoms with E-state index >= 15 is 0 Å². The van der Waals surface area contributed by atoms with Gasteiger partial charge in [-0.25, -0.2) is 0 Å². The van der Waals surface area contributed by atoms with E-state index in [1.54, 1.807) is 0 Å². The summed E-state index contributed by atoms with van der Waals surface area (Å²) in [6.07, 6.45) is -3.78. The third-order valence-corrected chi connectivity index (χ3v) is 2.42. The number of ether oxygens (including phenoxy) is 2. The van der Waals surface area contributed by atoms with Crippen LogP contribution in [0.1, 0.15) is 6.42 Å². The van der Waals surface area contributed by atoms with E-state index in [1.807, 2.05) is 0 Å². The van der Waals surface area contributed by atoms with Crippen LogP contribution in [0.2, 0.25) is 0 Å². The molecule has 0 aromatic rings. The maximum atomic E-state index is 12.7. The van der Waals surface area contributed by atoms with Crippen molar-refractivity contribution in [1.29, 1.82) is 0 Å². The quantitative estimate of drug-likeness (QED) is 0.623. The molecule has 2 N–H and O–H groups in total. The smallest absolute Gasteiger partial charge is 0.385 e. The highest BCUT2D eigenvalue weighted by atomic mass is 19.4. The van der Waals surface area contributed by atoms with Gasteiger partial charge in [0.15, 0.2) is 0 Å². The molecule has 104 valence electrons. The number of hydrogen-bond donors (Lipinski definition) is 1. The van der Waals surface area contributed by atoms with Crippen LogP contribution in [0.15, 0.2) is 0 Å². The minimum absolute atomic E-state index is 0.210. The molecule has 0 aliphatic heterocycles. The topological polar surface area (TPSA) is 47.7 Å². The standard InChI is InChI=1S/C10H21F3N2O2/c1-16-6-3-4-15(5-7-17-2)9(8-14)10(11,12)13/h9H,3-8,14H2,1-2H3. The van der Waals surface area contributed by atoms with Gasteiger partial charge in [0.1, 0.15) is 6.04 Å². The van der Waals surface area contributed by atoms with Crippen LogP contribution in [0.5, 0.6) is 0 Å². The SMILES string of the molecule is COCCCN(CCOC)C(CN)C(F)(F)F. The molecule has 0 fully saturated rings. The first-order chi connectivity index (χ1) is 7.97. The lowest BCUT2D eigenvalue weighted by molar-refractivity contribution is -0.182. The first kappa shape index (κ1) is 16.6. The van der Waals surface area contributed by atoms with Crippen LogP contribution in [0, 0.1) is 0 Å². The molecule has 4 nitrogen and oxygen atoms in total. The van der Waals surface area contributed by atoms with Gasteiger partial charge >= 0.3 is 6.18 Å². The second kappa shape index (κ2) is 8.68. The van der Waals surface area contributed by atoms with Crippen molar-refractivity contribution in [1.82, 2.24) is 4.90 Å². The maximum absolute atomic E-state index is 12.7. The molecular weight excluding hydrogens is 237 g/mol. The van der Waals surface area contributed by atoms with Crippen molar-refractivity contribution >= 4 is 0 Å². The van der Waals surface area contributed by atoms with Gasteiger partial charge in [-0.05, 0) is 6.42 Å². The first-order valence-electron chi connectivity index (χ1n) is 5.46. The average molecular weight is 258 g/mol. The zero-order valence-electron chi connectivity index (χ0n) is 10.3. The number of alkyl halides is 3. The van der Waals surface area contributed by atoms with Crippen molar-refractivity contribution < 1.29 is 22.6 Å². The van der Waals surface area contributed by atoms with Gasteiger partial charge in [0, 0.05) is 40.5 Å². The molecule has 0 spiro atoms. The van der Waals surface area contributed by atoms with Gasteiger partial charge in [-0.1, -0.05) is 0 Å². The fourth-order valence-electron chi connectivity index (χ4n) is 1.53. The van der Waals surface area contributed by atoms with E-state index in [1.165, 1.54) is 19.1 Å². The van der Waals surface area contributed by atoms with E-state index in [0.717, 1.165) is 0 Å². The largest absolute Gasteiger partial charge is 0.405 e. The summed E-state index contributed by atoms with van der Waals surface area (Å²) in [5.41, 5.74) is 5.20. The van der Waals surface area contributed by atoms with Crippen LogP contribution >= 0.6 is 0 Å². The third-order valence-electron chi connectivity index (χ3n) is 2.42. The number of halogens is 3. The summed E-state index contributed by atoms with van der Waals surface area (Å²) >= 11 is 0. The van der Waals surface area contributed by atoms with Crippen molar-refractivity contribution in [3.8, 4) is 0 Å². The van der Waals surface area contributed by atoms with Gasteiger partial charge < -0.3 is 15.2 Å². The molecule has 0 amide bonds. The number of methoxy groups -OCH3 is 2. The summed E-state index contributed by atoms with van der Waals surface area (Å²) in [6, 6.07) is -1.62. The van der Waals surface area contributed by atoms with E-state index < -0.39 is 18.8 Å². The van der Waals surface area contributed by atoms with Gasteiger partial charge in [0.2, 0.25) is 0 Å². The van der Waals surface area contributed by atoms with E-state index in [0.29, 0.717) is 19.6 Å². The zero-order chi connectivity index (χ0) is 13.3. The van der Waals surface area contributed by atoms with Crippen LogP contribution < -0.4 is 5.73 Å². The number of rotatable bonds is 9. The van der Waals surface area contributed by atoms with Gasteiger partial charge in [-0.2, -0.15) is 13.2 Å². The second-order valence-electron chi connectivity index (χ2n) is 3.67. The molecule has 0 rings (SSSR count). The molecule has 0 aromatic carbocycles. The zero-order valence-corrected chi connectivity index (χ0v) is 10.3. The number of hydrogen-bond acceptors (Lipinski definition) is 4.